The van der Waals surface area contributed by atoms with E-state index in [0.29, 0.717) is 12.1 Å². The first-order valence-corrected chi connectivity index (χ1v) is 12.2. The van der Waals surface area contributed by atoms with E-state index in [-0.39, 0.29) is 24.9 Å². The molecule has 5 nitrogen and oxygen atoms in total. The molecule has 0 bridgehead atoms. The van der Waals surface area contributed by atoms with Crippen LogP contribution < -0.4 is 9.62 Å². The second-order valence-electron chi connectivity index (χ2n) is 8.29. The second kappa shape index (κ2) is 9.65. The quantitative estimate of drug-likeness (QED) is 0.663. The SMILES string of the molecule is Cc1ccc(N(CCCC(=O)N[C@H](C)c2cc(C)c(C)cc2C)S(C)(=O)=O)cc1C. The van der Waals surface area contributed by atoms with Gasteiger partial charge in [-0.3, -0.25) is 9.10 Å². The smallest absolute Gasteiger partial charge is 0.232 e. The molecule has 6 heteroatoms. The van der Waals surface area contributed by atoms with E-state index < -0.39 is 10.0 Å². The molecule has 0 saturated heterocycles. The van der Waals surface area contributed by atoms with E-state index in [2.05, 4.69) is 38.2 Å². The summed E-state index contributed by atoms with van der Waals surface area (Å²) in [4.78, 5) is 12.5. The Balaban J connectivity index is 2.00. The minimum absolute atomic E-state index is 0.0753. The van der Waals surface area contributed by atoms with Gasteiger partial charge in [0.1, 0.15) is 0 Å². The number of nitrogens with zero attached hydrogens (tertiary/aromatic N) is 1. The van der Waals surface area contributed by atoms with Crippen LogP contribution in [0.4, 0.5) is 5.69 Å². The monoisotopic (exact) mass is 430 g/mol. The van der Waals surface area contributed by atoms with Crippen LogP contribution in [0.15, 0.2) is 30.3 Å². The number of benzene rings is 2. The third kappa shape index (κ3) is 6.08. The summed E-state index contributed by atoms with van der Waals surface area (Å²) in [6, 6.07) is 9.78. The van der Waals surface area contributed by atoms with Gasteiger partial charge in [0.15, 0.2) is 0 Å². The number of aryl methyl sites for hydroxylation is 5. The average Bonchev–Trinajstić information content (AvgIpc) is 2.63. The normalized spacial score (nSPS) is 12.5. The van der Waals surface area contributed by atoms with Crippen molar-refractivity contribution in [2.45, 2.75) is 60.4 Å². The molecule has 0 fully saturated rings. The Labute approximate surface area is 181 Å². The molecular formula is C24H34N2O3S. The Bertz CT molecular complexity index is 1030. The van der Waals surface area contributed by atoms with Crippen LogP contribution in [0.5, 0.6) is 0 Å². The lowest BCUT2D eigenvalue weighted by Crippen LogP contribution is -2.32. The zero-order chi connectivity index (χ0) is 22.6. The predicted molar refractivity (Wildman–Crippen MR) is 125 cm³/mol. The van der Waals surface area contributed by atoms with Crippen molar-refractivity contribution in [2.24, 2.45) is 0 Å². The number of carbonyl (C=O) groups is 1. The van der Waals surface area contributed by atoms with E-state index >= 15 is 0 Å². The van der Waals surface area contributed by atoms with Crippen LogP contribution in [-0.4, -0.2) is 27.1 Å². The van der Waals surface area contributed by atoms with Crippen LogP contribution in [0.25, 0.3) is 0 Å². The zero-order valence-electron chi connectivity index (χ0n) is 19.2. The Kier molecular flexibility index (Phi) is 7.70. The lowest BCUT2D eigenvalue weighted by molar-refractivity contribution is -0.121. The number of sulfonamides is 1. The Morgan fingerprint density at radius 2 is 1.53 bits per heavy atom. The van der Waals surface area contributed by atoms with Crippen molar-refractivity contribution in [3.8, 4) is 0 Å². The highest BCUT2D eigenvalue weighted by Gasteiger charge is 2.19. The molecule has 0 aliphatic rings. The lowest BCUT2D eigenvalue weighted by Gasteiger charge is -2.23. The summed E-state index contributed by atoms with van der Waals surface area (Å²) in [7, 11) is -3.42. The topological polar surface area (TPSA) is 66.5 Å². The Morgan fingerprint density at radius 3 is 2.13 bits per heavy atom. The number of rotatable bonds is 8. The molecule has 1 N–H and O–H groups in total. The number of anilines is 1. The van der Waals surface area contributed by atoms with E-state index in [1.807, 2.05) is 39.0 Å². The summed E-state index contributed by atoms with van der Waals surface area (Å²) in [5, 5.41) is 3.05. The van der Waals surface area contributed by atoms with Crippen molar-refractivity contribution in [1.82, 2.24) is 5.32 Å². The summed E-state index contributed by atoms with van der Waals surface area (Å²) in [6.07, 6.45) is 1.92. The second-order valence-corrected chi connectivity index (χ2v) is 10.2. The van der Waals surface area contributed by atoms with Gasteiger partial charge in [0.05, 0.1) is 18.0 Å². The molecular weight excluding hydrogens is 396 g/mol. The first-order chi connectivity index (χ1) is 13.9. The molecule has 0 radical (unpaired) electrons. The first-order valence-electron chi connectivity index (χ1n) is 10.3. The van der Waals surface area contributed by atoms with Gasteiger partial charge < -0.3 is 5.32 Å². The molecule has 0 spiro atoms. The molecule has 1 amide bonds. The van der Waals surface area contributed by atoms with Crippen LogP contribution in [0.2, 0.25) is 0 Å². The highest BCUT2D eigenvalue weighted by molar-refractivity contribution is 7.92. The van der Waals surface area contributed by atoms with Crippen molar-refractivity contribution in [2.75, 3.05) is 17.1 Å². The van der Waals surface area contributed by atoms with Crippen molar-refractivity contribution in [3.63, 3.8) is 0 Å². The number of carbonyl (C=O) groups excluding carboxylic acids is 1. The van der Waals surface area contributed by atoms with E-state index in [1.165, 1.54) is 21.7 Å². The maximum absolute atomic E-state index is 12.5. The fourth-order valence-electron chi connectivity index (χ4n) is 3.59. The average molecular weight is 431 g/mol. The fourth-order valence-corrected chi connectivity index (χ4v) is 4.55. The summed E-state index contributed by atoms with van der Waals surface area (Å²) in [5.74, 6) is -0.0753. The van der Waals surface area contributed by atoms with Gasteiger partial charge in [0.2, 0.25) is 15.9 Å². The van der Waals surface area contributed by atoms with E-state index in [0.717, 1.165) is 22.3 Å². The molecule has 2 aromatic rings. The van der Waals surface area contributed by atoms with E-state index in [9.17, 15) is 13.2 Å². The molecule has 0 aliphatic carbocycles. The van der Waals surface area contributed by atoms with Crippen LogP contribution in [0.1, 0.15) is 59.2 Å². The van der Waals surface area contributed by atoms with Gasteiger partial charge in [-0.2, -0.15) is 0 Å². The van der Waals surface area contributed by atoms with Crippen molar-refractivity contribution >= 4 is 21.6 Å². The lowest BCUT2D eigenvalue weighted by atomic mass is 9.96. The van der Waals surface area contributed by atoms with Crippen LogP contribution in [-0.2, 0) is 14.8 Å². The predicted octanol–water partition coefficient (Wildman–Crippen LogP) is 4.65. The third-order valence-electron chi connectivity index (χ3n) is 5.67. The van der Waals surface area contributed by atoms with Crippen molar-refractivity contribution < 1.29 is 13.2 Å². The Morgan fingerprint density at radius 1 is 0.933 bits per heavy atom. The van der Waals surface area contributed by atoms with Gasteiger partial charge >= 0.3 is 0 Å². The molecule has 0 unspecified atom stereocenters. The highest BCUT2D eigenvalue weighted by atomic mass is 32.2. The van der Waals surface area contributed by atoms with E-state index in [1.54, 1.807) is 0 Å². The number of hydrogen-bond donors (Lipinski definition) is 1. The third-order valence-corrected chi connectivity index (χ3v) is 6.86. The summed E-state index contributed by atoms with van der Waals surface area (Å²) in [6.45, 7) is 12.4. The van der Waals surface area contributed by atoms with Crippen LogP contribution >= 0.6 is 0 Å². The summed E-state index contributed by atoms with van der Waals surface area (Å²) >= 11 is 0. The molecule has 0 aromatic heterocycles. The molecule has 1 atom stereocenters. The minimum Gasteiger partial charge on any atom is -0.350 e. The number of nitrogens with one attached hydrogen (secondary N) is 1. The van der Waals surface area contributed by atoms with E-state index in [4.69, 9.17) is 0 Å². The fraction of sp³-hybridized carbons (Fsp3) is 0.458. The van der Waals surface area contributed by atoms with Crippen LogP contribution in [0.3, 0.4) is 0 Å². The molecule has 0 saturated carbocycles. The first kappa shape index (κ1) is 23.9. The minimum atomic E-state index is -3.42. The van der Waals surface area contributed by atoms with Gasteiger partial charge in [0.25, 0.3) is 0 Å². The molecule has 30 heavy (non-hydrogen) atoms. The molecule has 2 aromatic carbocycles. The molecule has 2 rings (SSSR count). The maximum Gasteiger partial charge on any atom is 0.232 e. The Hall–Kier alpha value is -2.34. The molecule has 0 heterocycles. The summed E-state index contributed by atoms with van der Waals surface area (Å²) in [5.41, 5.74) is 7.50. The van der Waals surface area contributed by atoms with Gasteiger partial charge in [0, 0.05) is 13.0 Å². The largest absolute Gasteiger partial charge is 0.350 e. The molecule has 164 valence electrons. The van der Waals surface area contributed by atoms with Crippen molar-refractivity contribution in [3.05, 3.63) is 63.7 Å². The number of amides is 1. The van der Waals surface area contributed by atoms with Gasteiger partial charge in [-0.25, -0.2) is 8.42 Å². The van der Waals surface area contributed by atoms with Gasteiger partial charge in [-0.1, -0.05) is 18.2 Å². The number of hydrogen-bond acceptors (Lipinski definition) is 3. The zero-order valence-corrected chi connectivity index (χ0v) is 20.0. The van der Waals surface area contributed by atoms with Gasteiger partial charge in [-0.15, -0.1) is 0 Å². The van der Waals surface area contributed by atoms with Crippen LogP contribution in [0, 0.1) is 34.6 Å². The molecule has 0 aliphatic heterocycles. The summed E-state index contributed by atoms with van der Waals surface area (Å²) < 4.78 is 26.0. The standard InChI is InChI=1S/C24H34N2O3S/c1-16-10-11-22(14-18(16)3)26(30(7,28)29)12-8-9-24(27)25-21(6)23-15-19(4)17(2)13-20(23)5/h10-11,13-15,21H,8-9,12H2,1-7H3,(H,25,27)/t21-/m1/s1. The maximum atomic E-state index is 12.5. The van der Waals surface area contributed by atoms with Crippen molar-refractivity contribution in [1.29, 1.82) is 0 Å². The highest BCUT2D eigenvalue weighted by Crippen LogP contribution is 2.23. The van der Waals surface area contributed by atoms with Gasteiger partial charge in [-0.05, 0) is 93.5 Å².